The molecular weight excluding hydrogens is 260 g/mol. The zero-order valence-corrected chi connectivity index (χ0v) is 13.1. The molecule has 0 fully saturated rings. The summed E-state index contributed by atoms with van der Waals surface area (Å²) in [7, 11) is 1.99. The van der Waals surface area contributed by atoms with Gasteiger partial charge in [0.05, 0.1) is 11.4 Å². The quantitative estimate of drug-likeness (QED) is 0.941. The fourth-order valence-corrected chi connectivity index (χ4v) is 3.32. The first-order valence-electron chi connectivity index (χ1n) is 7.78. The standard InChI is InChI=1S/C17H24N4/c1-4-7-14-16(18)17(20(3)19-14)21-11-12(2)10-13-8-5-6-9-15(13)21/h5-6,8-9,12H,4,7,10-11,18H2,1-3H3. The van der Waals surface area contributed by atoms with E-state index in [0.29, 0.717) is 5.92 Å². The fraction of sp³-hybridized carbons (Fsp3) is 0.471. The number of aromatic nitrogens is 2. The van der Waals surface area contributed by atoms with Crippen LogP contribution < -0.4 is 10.6 Å². The van der Waals surface area contributed by atoms with Gasteiger partial charge in [0.2, 0.25) is 0 Å². The molecule has 21 heavy (non-hydrogen) atoms. The Labute approximate surface area is 126 Å². The number of hydrogen-bond acceptors (Lipinski definition) is 3. The Balaban J connectivity index is 2.09. The van der Waals surface area contributed by atoms with E-state index in [1.54, 1.807) is 0 Å². The van der Waals surface area contributed by atoms with Crippen LogP contribution in [0.2, 0.25) is 0 Å². The minimum atomic E-state index is 0.615. The van der Waals surface area contributed by atoms with Crippen molar-refractivity contribution in [1.29, 1.82) is 0 Å². The van der Waals surface area contributed by atoms with Gasteiger partial charge in [-0.05, 0) is 30.4 Å². The molecule has 1 atom stereocenters. The van der Waals surface area contributed by atoms with Gasteiger partial charge in [0.25, 0.3) is 0 Å². The van der Waals surface area contributed by atoms with Crippen LogP contribution in [0.25, 0.3) is 0 Å². The highest BCUT2D eigenvalue weighted by Crippen LogP contribution is 2.38. The van der Waals surface area contributed by atoms with Crippen molar-refractivity contribution in [2.24, 2.45) is 13.0 Å². The number of nitrogens with zero attached hydrogens (tertiary/aromatic N) is 3. The highest BCUT2D eigenvalue weighted by atomic mass is 15.4. The van der Waals surface area contributed by atoms with Gasteiger partial charge in [0.15, 0.2) is 5.82 Å². The van der Waals surface area contributed by atoms with Crippen molar-refractivity contribution >= 4 is 17.2 Å². The Morgan fingerprint density at radius 3 is 2.86 bits per heavy atom. The molecule has 4 heteroatoms. The van der Waals surface area contributed by atoms with E-state index in [0.717, 1.165) is 43.0 Å². The van der Waals surface area contributed by atoms with E-state index in [4.69, 9.17) is 5.73 Å². The van der Waals surface area contributed by atoms with E-state index in [2.05, 4.69) is 48.1 Å². The molecular formula is C17H24N4. The van der Waals surface area contributed by atoms with E-state index in [9.17, 15) is 0 Å². The molecule has 0 saturated carbocycles. The second kappa shape index (κ2) is 5.43. The van der Waals surface area contributed by atoms with Crippen LogP contribution in [0.3, 0.4) is 0 Å². The maximum Gasteiger partial charge on any atom is 0.154 e. The first kappa shape index (κ1) is 14.0. The summed E-state index contributed by atoms with van der Waals surface area (Å²) in [5, 5.41) is 4.62. The Kier molecular flexibility index (Phi) is 3.62. The summed E-state index contributed by atoms with van der Waals surface area (Å²) < 4.78 is 1.94. The van der Waals surface area contributed by atoms with Crippen LogP contribution in [-0.2, 0) is 19.9 Å². The molecule has 1 aromatic carbocycles. The van der Waals surface area contributed by atoms with Gasteiger partial charge in [-0.15, -0.1) is 0 Å². The molecule has 2 N–H and O–H groups in total. The molecule has 0 radical (unpaired) electrons. The average molecular weight is 284 g/mol. The van der Waals surface area contributed by atoms with E-state index in [1.165, 1.54) is 11.3 Å². The molecule has 1 aliphatic rings. The fourth-order valence-electron chi connectivity index (χ4n) is 3.32. The van der Waals surface area contributed by atoms with E-state index in [1.807, 2.05) is 11.7 Å². The summed E-state index contributed by atoms with van der Waals surface area (Å²) in [4.78, 5) is 2.34. The lowest BCUT2D eigenvalue weighted by molar-refractivity contribution is 0.554. The predicted molar refractivity (Wildman–Crippen MR) is 87.9 cm³/mol. The van der Waals surface area contributed by atoms with E-state index in [-0.39, 0.29) is 0 Å². The third kappa shape index (κ3) is 2.39. The van der Waals surface area contributed by atoms with Crippen LogP contribution >= 0.6 is 0 Å². The molecule has 0 amide bonds. The number of nitrogens with two attached hydrogens (primary N) is 1. The van der Waals surface area contributed by atoms with Crippen LogP contribution in [0.1, 0.15) is 31.5 Å². The number of fused-ring (bicyclic) bond motifs is 1. The third-order valence-corrected chi connectivity index (χ3v) is 4.22. The SMILES string of the molecule is CCCc1nn(C)c(N2CC(C)Cc3ccccc32)c1N. The highest BCUT2D eigenvalue weighted by Gasteiger charge is 2.27. The molecule has 1 aromatic heterocycles. The van der Waals surface area contributed by atoms with Crippen LogP contribution in [-0.4, -0.2) is 16.3 Å². The lowest BCUT2D eigenvalue weighted by atomic mass is 9.94. The number of benzene rings is 1. The minimum Gasteiger partial charge on any atom is -0.394 e. The van der Waals surface area contributed by atoms with Crippen molar-refractivity contribution in [2.75, 3.05) is 17.2 Å². The van der Waals surface area contributed by atoms with Crippen LogP contribution in [0.5, 0.6) is 0 Å². The van der Waals surface area contributed by atoms with Crippen LogP contribution in [0.15, 0.2) is 24.3 Å². The lowest BCUT2D eigenvalue weighted by Crippen LogP contribution is -2.32. The number of nitrogen functional groups attached to an aromatic ring is 1. The Bertz CT molecular complexity index is 644. The second-order valence-electron chi connectivity index (χ2n) is 6.11. The van der Waals surface area contributed by atoms with Crippen LogP contribution in [0, 0.1) is 5.92 Å². The van der Waals surface area contributed by atoms with Crippen LogP contribution in [0.4, 0.5) is 17.2 Å². The zero-order chi connectivity index (χ0) is 15.0. The summed E-state index contributed by atoms with van der Waals surface area (Å²) in [5.74, 6) is 1.65. The number of hydrogen-bond donors (Lipinski definition) is 1. The predicted octanol–water partition coefficient (Wildman–Crippen LogP) is 3.29. The highest BCUT2D eigenvalue weighted by molar-refractivity contribution is 5.76. The Morgan fingerprint density at radius 2 is 2.10 bits per heavy atom. The molecule has 112 valence electrons. The third-order valence-electron chi connectivity index (χ3n) is 4.22. The molecule has 1 aliphatic heterocycles. The lowest BCUT2D eigenvalue weighted by Gasteiger charge is -2.34. The normalized spacial score (nSPS) is 17.9. The molecule has 0 saturated heterocycles. The molecule has 1 unspecified atom stereocenters. The van der Waals surface area contributed by atoms with Gasteiger partial charge >= 0.3 is 0 Å². The van der Waals surface area contributed by atoms with Gasteiger partial charge in [0.1, 0.15) is 0 Å². The largest absolute Gasteiger partial charge is 0.394 e. The number of rotatable bonds is 3. The first-order chi connectivity index (χ1) is 10.1. The van der Waals surface area contributed by atoms with Crippen molar-refractivity contribution in [1.82, 2.24) is 9.78 Å². The topological polar surface area (TPSA) is 47.1 Å². The summed E-state index contributed by atoms with van der Waals surface area (Å²) >= 11 is 0. The van der Waals surface area contributed by atoms with Crippen molar-refractivity contribution in [3.63, 3.8) is 0 Å². The number of para-hydroxylation sites is 1. The van der Waals surface area contributed by atoms with E-state index < -0.39 is 0 Å². The smallest absolute Gasteiger partial charge is 0.154 e. The first-order valence-corrected chi connectivity index (χ1v) is 7.78. The summed E-state index contributed by atoms with van der Waals surface area (Å²) in [6.45, 7) is 5.45. The van der Waals surface area contributed by atoms with Gasteiger partial charge < -0.3 is 10.6 Å². The Hall–Kier alpha value is -1.97. The minimum absolute atomic E-state index is 0.615. The molecule has 2 aromatic rings. The van der Waals surface area contributed by atoms with Crippen molar-refractivity contribution in [3.05, 3.63) is 35.5 Å². The Morgan fingerprint density at radius 1 is 1.33 bits per heavy atom. The second-order valence-corrected chi connectivity index (χ2v) is 6.11. The maximum absolute atomic E-state index is 6.40. The molecule has 4 nitrogen and oxygen atoms in total. The molecule has 0 spiro atoms. The summed E-state index contributed by atoms with van der Waals surface area (Å²) in [6, 6.07) is 8.62. The average Bonchev–Trinajstić information content (AvgIpc) is 2.73. The number of aryl methyl sites for hydroxylation is 2. The number of anilines is 3. The van der Waals surface area contributed by atoms with Gasteiger partial charge in [0, 0.05) is 19.3 Å². The monoisotopic (exact) mass is 284 g/mol. The van der Waals surface area contributed by atoms with Crippen molar-refractivity contribution in [2.45, 2.75) is 33.1 Å². The molecule has 2 heterocycles. The molecule has 0 aliphatic carbocycles. The van der Waals surface area contributed by atoms with E-state index >= 15 is 0 Å². The van der Waals surface area contributed by atoms with Crippen molar-refractivity contribution < 1.29 is 0 Å². The zero-order valence-electron chi connectivity index (χ0n) is 13.1. The van der Waals surface area contributed by atoms with Gasteiger partial charge in [-0.2, -0.15) is 5.10 Å². The molecule has 0 bridgehead atoms. The van der Waals surface area contributed by atoms with Crippen molar-refractivity contribution in [3.8, 4) is 0 Å². The molecule has 3 rings (SSSR count). The van der Waals surface area contributed by atoms with Gasteiger partial charge in [-0.1, -0.05) is 38.5 Å². The van der Waals surface area contributed by atoms with Gasteiger partial charge in [-0.3, -0.25) is 4.68 Å². The van der Waals surface area contributed by atoms with Gasteiger partial charge in [-0.25, -0.2) is 0 Å². The summed E-state index contributed by atoms with van der Waals surface area (Å²) in [6.07, 6.45) is 3.13. The maximum atomic E-state index is 6.40. The summed E-state index contributed by atoms with van der Waals surface area (Å²) in [5.41, 5.74) is 10.9.